The quantitative estimate of drug-likeness (QED) is 0.749. The number of nitrogens with one attached hydrogen (secondary N) is 1. The Kier molecular flexibility index (Phi) is 7.62. The number of benzene rings is 1. The Hall–Kier alpha value is -2.32. The van der Waals surface area contributed by atoms with Gasteiger partial charge < -0.3 is 10.2 Å². The van der Waals surface area contributed by atoms with E-state index in [1.165, 1.54) is 25.3 Å². The van der Waals surface area contributed by atoms with E-state index in [-0.39, 0.29) is 17.0 Å². The van der Waals surface area contributed by atoms with E-state index in [0.29, 0.717) is 6.42 Å². The van der Waals surface area contributed by atoms with Gasteiger partial charge in [0.05, 0.1) is 29.2 Å². The van der Waals surface area contributed by atoms with Crippen molar-refractivity contribution in [1.82, 2.24) is 5.32 Å². The number of primary sulfonamides is 1. The average molecular weight is 408 g/mol. The molecule has 11 heteroatoms. The van der Waals surface area contributed by atoms with Crippen LogP contribution in [0.1, 0.15) is 25.8 Å². The highest BCUT2D eigenvalue weighted by molar-refractivity contribution is 7.89. The molecule has 0 bridgehead atoms. The number of halogens is 4. The third-order valence-electron chi connectivity index (χ3n) is 3.51. The molecule has 2 unspecified atom stereocenters. The molecule has 0 radical (unpaired) electrons. The van der Waals surface area contributed by atoms with Gasteiger partial charge in [0, 0.05) is 0 Å². The van der Waals surface area contributed by atoms with Gasteiger partial charge in [0.15, 0.2) is 0 Å². The molecule has 0 amide bonds. The maximum Gasteiger partial charge on any atom is 0.412 e. The minimum Gasteiger partial charge on any atom is -0.372 e. The molecule has 27 heavy (non-hydrogen) atoms. The number of nitrogens with zero attached hydrogens (tertiary/aromatic N) is 2. The van der Waals surface area contributed by atoms with Crippen LogP contribution < -0.4 is 15.4 Å². The maximum atomic E-state index is 13.9. The maximum absolute atomic E-state index is 13.9. The van der Waals surface area contributed by atoms with Crippen molar-refractivity contribution in [2.75, 3.05) is 10.7 Å². The summed E-state index contributed by atoms with van der Waals surface area (Å²) in [7, 11) is -3.17. The summed E-state index contributed by atoms with van der Waals surface area (Å²) < 4.78 is 73.1. The van der Waals surface area contributed by atoms with Gasteiger partial charge in [-0.3, -0.25) is 0 Å². The van der Waals surface area contributed by atoms with E-state index >= 15 is 0 Å². The number of hydrogen-bond donors (Lipinski definition) is 2. The number of rotatable bonds is 3. The Morgan fingerprint density at radius 1 is 1.37 bits per heavy atom. The fourth-order valence-corrected chi connectivity index (χ4v) is 2.96. The van der Waals surface area contributed by atoms with Crippen molar-refractivity contribution in [2.45, 2.75) is 38.7 Å². The summed E-state index contributed by atoms with van der Waals surface area (Å²) in [6, 6.07) is 3.22. The van der Waals surface area contributed by atoms with Crippen LogP contribution in [-0.2, 0) is 10.0 Å². The van der Waals surface area contributed by atoms with Gasteiger partial charge in [-0.2, -0.15) is 18.4 Å². The van der Waals surface area contributed by atoms with Crippen molar-refractivity contribution in [3.8, 4) is 6.07 Å². The molecule has 0 saturated carbocycles. The highest BCUT2D eigenvalue weighted by atomic mass is 32.2. The molecule has 2 atom stereocenters. The number of nitriles is 1. The molecule has 0 aromatic heterocycles. The van der Waals surface area contributed by atoms with Crippen LogP contribution in [0.15, 0.2) is 30.5 Å². The van der Waals surface area contributed by atoms with Crippen LogP contribution in [0.3, 0.4) is 0 Å². The van der Waals surface area contributed by atoms with Gasteiger partial charge >= 0.3 is 6.18 Å². The number of sulfonamides is 1. The second-order valence-electron chi connectivity index (χ2n) is 5.74. The number of nitrogens with two attached hydrogens (primary N) is 1. The largest absolute Gasteiger partial charge is 0.412 e. The van der Waals surface area contributed by atoms with Crippen LogP contribution in [0.4, 0.5) is 23.2 Å². The zero-order valence-electron chi connectivity index (χ0n) is 14.7. The van der Waals surface area contributed by atoms with Crippen molar-refractivity contribution in [3.63, 3.8) is 0 Å². The van der Waals surface area contributed by atoms with Crippen molar-refractivity contribution in [1.29, 1.82) is 5.26 Å². The van der Waals surface area contributed by atoms with Gasteiger partial charge in [-0.05, 0) is 43.8 Å². The molecule has 1 aliphatic rings. The molecule has 0 aliphatic carbocycles. The van der Waals surface area contributed by atoms with E-state index in [4.69, 9.17) is 5.26 Å². The average Bonchev–Trinajstić information content (AvgIpc) is 2.53. The van der Waals surface area contributed by atoms with Gasteiger partial charge in [0.1, 0.15) is 11.9 Å². The first kappa shape index (κ1) is 22.7. The molecule has 2 rings (SSSR count). The van der Waals surface area contributed by atoms with Gasteiger partial charge in [0.2, 0.25) is 10.0 Å². The Bertz CT molecular complexity index is 819. The van der Waals surface area contributed by atoms with Crippen molar-refractivity contribution < 1.29 is 26.0 Å². The summed E-state index contributed by atoms with van der Waals surface area (Å²) >= 11 is 0. The summed E-state index contributed by atoms with van der Waals surface area (Å²) in [4.78, 5) is 0.899. The van der Waals surface area contributed by atoms with Crippen LogP contribution >= 0.6 is 0 Å². The molecule has 0 fully saturated rings. The molecule has 1 aliphatic heterocycles. The fraction of sp³-hybridized carbons (Fsp3) is 0.438. The van der Waals surface area contributed by atoms with Crippen molar-refractivity contribution in [3.05, 3.63) is 41.9 Å². The normalized spacial score (nSPS) is 19.6. The van der Waals surface area contributed by atoms with Crippen LogP contribution in [-0.4, -0.2) is 32.6 Å². The lowest BCUT2D eigenvalue weighted by Crippen LogP contribution is -2.56. The van der Waals surface area contributed by atoms with E-state index in [9.17, 15) is 26.0 Å². The monoisotopic (exact) mass is 408 g/mol. The lowest BCUT2D eigenvalue weighted by atomic mass is 10.1. The third kappa shape index (κ3) is 6.73. The van der Waals surface area contributed by atoms with Gasteiger partial charge in [-0.15, -0.1) is 0 Å². The smallest absolute Gasteiger partial charge is 0.372 e. The van der Waals surface area contributed by atoms with E-state index < -0.39 is 34.2 Å². The summed E-state index contributed by atoms with van der Waals surface area (Å²) in [6.45, 7) is 3.27. The molecular formula is C16H20F4N4O2S. The van der Waals surface area contributed by atoms with E-state index in [0.717, 1.165) is 17.0 Å². The van der Waals surface area contributed by atoms with Crippen LogP contribution in [0.5, 0.6) is 0 Å². The lowest BCUT2D eigenvalue weighted by molar-refractivity contribution is -0.140. The second-order valence-corrected chi connectivity index (χ2v) is 7.47. The number of anilines is 1. The minimum atomic E-state index is -4.52. The van der Waals surface area contributed by atoms with Crippen LogP contribution in [0, 0.1) is 17.1 Å². The zero-order valence-corrected chi connectivity index (χ0v) is 15.5. The Morgan fingerprint density at radius 2 is 2.00 bits per heavy atom. The standard InChI is InChI=1S/C13H11F4N3.C3H9NO2S/c1-8-19-5-4-12(13(15,16)17)20(8)11-3-2-9(7-18)6-10(11)14;1-2-3-7(4,5)6/h2-6,8,12,19H,1H3;2-3H2,1H3,(H2,4,5,6). The SMILES string of the molecule is CC1NC=CC(C(F)(F)F)N1c1ccc(C#N)cc1F.CCCS(N)(=O)=O. The summed E-state index contributed by atoms with van der Waals surface area (Å²) in [5.74, 6) is -0.769. The molecule has 0 spiro atoms. The first-order valence-electron chi connectivity index (χ1n) is 7.88. The second kappa shape index (κ2) is 9.05. The van der Waals surface area contributed by atoms with Crippen molar-refractivity contribution >= 4 is 15.7 Å². The molecule has 6 nitrogen and oxygen atoms in total. The molecule has 3 N–H and O–H groups in total. The first-order chi connectivity index (χ1) is 12.4. The molecular weight excluding hydrogens is 388 g/mol. The van der Waals surface area contributed by atoms with Crippen LogP contribution in [0.25, 0.3) is 0 Å². The molecule has 1 aromatic rings. The molecule has 150 valence electrons. The van der Waals surface area contributed by atoms with Gasteiger partial charge in [-0.1, -0.05) is 6.92 Å². The van der Waals surface area contributed by atoms with E-state index in [1.807, 2.05) is 0 Å². The number of hydrogen-bond acceptors (Lipinski definition) is 5. The minimum absolute atomic E-state index is 0.0583. The molecule has 1 aromatic carbocycles. The highest BCUT2D eigenvalue weighted by Gasteiger charge is 2.45. The fourth-order valence-electron chi connectivity index (χ4n) is 2.40. The van der Waals surface area contributed by atoms with E-state index in [1.54, 1.807) is 13.0 Å². The van der Waals surface area contributed by atoms with Crippen LogP contribution in [0.2, 0.25) is 0 Å². The first-order valence-corrected chi connectivity index (χ1v) is 9.60. The third-order valence-corrected chi connectivity index (χ3v) is 4.49. The van der Waals surface area contributed by atoms with Crippen molar-refractivity contribution in [2.24, 2.45) is 5.14 Å². The summed E-state index contributed by atoms with van der Waals surface area (Å²) in [5, 5.41) is 16.0. The van der Waals surface area contributed by atoms with Gasteiger partial charge in [-0.25, -0.2) is 17.9 Å². The zero-order chi connectivity index (χ0) is 20.8. The molecule has 0 saturated heterocycles. The Balaban J connectivity index is 0.000000445. The predicted molar refractivity (Wildman–Crippen MR) is 93.4 cm³/mol. The predicted octanol–water partition coefficient (Wildman–Crippen LogP) is 2.58. The number of alkyl halides is 3. The lowest BCUT2D eigenvalue weighted by Gasteiger charge is -2.40. The van der Waals surface area contributed by atoms with Gasteiger partial charge in [0.25, 0.3) is 0 Å². The Morgan fingerprint density at radius 3 is 2.41 bits per heavy atom. The molecule has 1 heterocycles. The summed E-state index contributed by atoms with van der Waals surface area (Å²) in [6.07, 6.45) is -2.51. The Labute approximate surface area is 155 Å². The van der Waals surface area contributed by atoms with E-state index in [2.05, 4.69) is 10.5 Å². The summed E-state index contributed by atoms with van der Waals surface area (Å²) in [5.41, 5.74) is -0.140. The topological polar surface area (TPSA) is 99.2 Å². The highest BCUT2D eigenvalue weighted by Crippen LogP contribution is 2.34.